The Bertz CT molecular complexity index is 201. The Labute approximate surface area is 113 Å². The molecule has 18 heavy (non-hydrogen) atoms. The molecule has 0 aliphatic carbocycles. The fourth-order valence-corrected chi connectivity index (χ4v) is 2.58. The Hall–Kier alpha value is -0.120. The van der Waals surface area contributed by atoms with Crippen LogP contribution in [-0.4, -0.2) is 39.9 Å². The molecule has 0 amide bonds. The van der Waals surface area contributed by atoms with E-state index in [-0.39, 0.29) is 0 Å². The molecule has 3 nitrogen and oxygen atoms in total. The van der Waals surface area contributed by atoms with Crippen LogP contribution in [-0.2, 0) is 4.74 Å². The van der Waals surface area contributed by atoms with E-state index < -0.39 is 0 Å². The van der Waals surface area contributed by atoms with Crippen molar-refractivity contribution in [3.8, 4) is 0 Å². The van der Waals surface area contributed by atoms with Crippen LogP contribution in [0.3, 0.4) is 0 Å². The van der Waals surface area contributed by atoms with E-state index in [2.05, 4.69) is 24.5 Å². The second kappa shape index (κ2) is 8.89. The Morgan fingerprint density at radius 1 is 1.28 bits per heavy atom. The summed E-state index contributed by atoms with van der Waals surface area (Å²) in [5.74, 6) is 0.967. The lowest BCUT2D eigenvalue weighted by atomic mass is 9.89. The topological polar surface area (TPSA) is 33.3 Å². The molecule has 2 N–H and O–H groups in total. The highest BCUT2D eigenvalue weighted by Crippen LogP contribution is 2.19. The molecule has 1 aliphatic heterocycles. The van der Waals surface area contributed by atoms with E-state index in [4.69, 9.17) is 4.74 Å². The first-order chi connectivity index (χ1) is 8.64. The Kier molecular flexibility index (Phi) is 7.87. The van der Waals surface area contributed by atoms with Gasteiger partial charge in [0.2, 0.25) is 0 Å². The second-order valence-electron chi connectivity index (χ2n) is 6.42. The van der Waals surface area contributed by atoms with Gasteiger partial charge in [-0.3, -0.25) is 0 Å². The molecule has 1 fully saturated rings. The van der Waals surface area contributed by atoms with E-state index >= 15 is 0 Å². The summed E-state index contributed by atoms with van der Waals surface area (Å²) in [7, 11) is 1.78. The number of hydrogen-bond donors (Lipinski definition) is 2. The van der Waals surface area contributed by atoms with Gasteiger partial charge in [0, 0.05) is 20.3 Å². The predicted molar refractivity (Wildman–Crippen MR) is 78.0 cm³/mol. The summed E-state index contributed by atoms with van der Waals surface area (Å²) >= 11 is 0. The average molecular weight is 256 g/mol. The van der Waals surface area contributed by atoms with Gasteiger partial charge in [-0.2, -0.15) is 0 Å². The Balaban J connectivity index is 1.96. The first-order valence-electron chi connectivity index (χ1n) is 7.54. The van der Waals surface area contributed by atoms with Crippen molar-refractivity contribution in [2.45, 2.75) is 46.0 Å². The molecule has 0 unspecified atom stereocenters. The molecule has 0 bridgehead atoms. The number of nitrogens with one attached hydrogen (secondary N) is 2. The van der Waals surface area contributed by atoms with Crippen LogP contribution in [0.2, 0.25) is 0 Å². The minimum Gasteiger partial charge on any atom is -0.385 e. The summed E-state index contributed by atoms with van der Waals surface area (Å²) in [6, 6.07) is 0. The average Bonchev–Trinajstić information content (AvgIpc) is 2.37. The van der Waals surface area contributed by atoms with Crippen molar-refractivity contribution in [1.29, 1.82) is 0 Å². The maximum absolute atomic E-state index is 5.15. The van der Waals surface area contributed by atoms with Crippen molar-refractivity contribution in [3.63, 3.8) is 0 Å². The zero-order valence-electron chi connectivity index (χ0n) is 12.6. The highest BCUT2D eigenvalue weighted by Gasteiger charge is 2.17. The number of piperidine rings is 1. The molecule has 0 spiro atoms. The fourth-order valence-electron chi connectivity index (χ4n) is 2.58. The summed E-state index contributed by atoms with van der Waals surface area (Å²) < 4.78 is 5.15. The summed E-state index contributed by atoms with van der Waals surface area (Å²) in [5.41, 5.74) is 0.352. The highest BCUT2D eigenvalue weighted by atomic mass is 16.5. The number of methoxy groups -OCH3 is 1. The highest BCUT2D eigenvalue weighted by molar-refractivity contribution is 4.72. The van der Waals surface area contributed by atoms with Crippen molar-refractivity contribution >= 4 is 0 Å². The Morgan fingerprint density at radius 2 is 2.00 bits per heavy atom. The molecule has 0 saturated carbocycles. The van der Waals surface area contributed by atoms with Crippen LogP contribution in [0.1, 0.15) is 46.0 Å². The molecule has 0 aromatic rings. The lowest BCUT2D eigenvalue weighted by Crippen LogP contribution is -2.32. The molecule has 1 aliphatic rings. The quantitative estimate of drug-likeness (QED) is 0.622. The van der Waals surface area contributed by atoms with Crippen molar-refractivity contribution in [1.82, 2.24) is 10.6 Å². The summed E-state index contributed by atoms with van der Waals surface area (Å²) in [6.45, 7) is 10.2. The normalized spacial score (nSPS) is 18.2. The van der Waals surface area contributed by atoms with Gasteiger partial charge >= 0.3 is 0 Å². The maximum Gasteiger partial charge on any atom is 0.0467 e. The van der Waals surface area contributed by atoms with Crippen LogP contribution in [0.4, 0.5) is 0 Å². The largest absolute Gasteiger partial charge is 0.385 e. The number of rotatable bonds is 9. The van der Waals surface area contributed by atoms with E-state index in [0.29, 0.717) is 5.41 Å². The zero-order chi connectivity index (χ0) is 13.3. The van der Waals surface area contributed by atoms with Gasteiger partial charge in [-0.05, 0) is 63.1 Å². The molecule has 0 aromatic carbocycles. The van der Waals surface area contributed by atoms with Crippen molar-refractivity contribution in [2.75, 3.05) is 39.9 Å². The van der Waals surface area contributed by atoms with E-state index in [0.717, 1.165) is 25.5 Å². The molecule has 1 rings (SSSR count). The van der Waals surface area contributed by atoms with Crippen molar-refractivity contribution in [2.24, 2.45) is 11.3 Å². The van der Waals surface area contributed by atoms with Crippen LogP contribution < -0.4 is 10.6 Å². The molecular formula is C15H32N2O. The van der Waals surface area contributed by atoms with Gasteiger partial charge in [0.1, 0.15) is 0 Å². The van der Waals surface area contributed by atoms with Gasteiger partial charge in [-0.1, -0.05) is 13.8 Å². The summed E-state index contributed by atoms with van der Waals surface area (Å²) in [5, 5.41) is 7.03. The van der Waals surface area contributed by atoms with Crippen LogP contribution >= 0.6 is 0 Å². The first-order valence-corrected chi connectivity index (χ1v) is 7.54. The summed E-state index contributed by atoms with van der Waals surface area (Å²) in [6.07, 6.45) is 6.60. The molecule has 0 radical (unpaired) electrons. The van der Waals surface area contributed by atoms with Crippen molar-refractivity contribution < 1.29 is 4.74 Å². The van der Waals surface area contributed by atoms with Gasteiger partial charge in [0.25, 0.3) is 0 Å². The molecule has 3 heteroatoms. The SMILES string of the molecule is COCCC(C)(C)CNCCCC1CCNCC1. The number of ether oxygens (including phenoxy) is 1. The molecule has 108 valence electrons. The van der Waals surface area contributed by atoms with Gasteiger partial charge in [-0.25, -0.2) is 0 Å². The van der Waals surface area contributed by atoms with E-state index in [1.54, 1.807) is 7.11 Å². The first kappa shape index (κ1) is 15.9. The minimum absolute atomic E-state index is 0.352. The third-order valence-corrected chi connectivity index (χ3v) is 4.01. The van der Waals surface area contributed by atoms with Gasteiger partial charge in [-0.15, -0.1) is 0 Å². The monoisotopic (exact) mass is 256 g/mol. The molecule has 1 saturated heterocycles. The van der Waals surface area contributed by atoms with Crippen molar-refractivity contribution in [3.05, 3.63) is 0 Å². The smallest absolute Gasteiger partial charge is 0.0467 e. The van der Waals surface area contributed by atoms with E-state index in [9.17, 15) is 0 Å². The van der Waals surface area contributed by atoms with Crippen LogP contribution in [0.15, 0.2) is 0 Å². The minimum atomic E-state index is 0.352. The van der Waals surface area contributed by atoms with Gasteiger partial charge < -0.3 is 15.4 Å². The van der Waals surface area contributed by atoms with E-state index in [1.165, 1.54) is 45.3 Å². The third kappa shape index (κ3) is 7.34. The van der Waals surface area contributed by atoms with Crippen LogP contribution in [0.5, 0.6) is 0 Å². The van der Waals surface area contributed by atoms with Crippen LogP contribution in [0.25, 0.3) is 0 Å². The molecule has 0 atom stereocenters. The number of hydrogen-bond acceptors (Lipinski definition) is 3. The fraction of sp³-hybridized carbons (Fsp3) is 1.00. The Morgan fingerprint density at radius 3 is 2.67 bits per heavy atom. The molecule has 1 heterocycles. The van der Waals surface area contributed by atoms with Crippen LogP contribution in [0, 0.1) is 11.3 Å². The predicted octanol–water partition coefficient (Wildman–Crippen LogP) is 2.42. The van der Waals surface area contributed by atoms with Gasteiger partial charge in [0.05, 0.1) is 0 Å². The summed E-state index contributed by atoms with van der Waals surface area (Å²) in [4.78, 5) is 0. The third-order valence-electron chi connectivity index (χ3n) is 4.01. The molecular weight excluding hydrogens is 224 g/mol. The zero-order valence-corrected chi connectivity index (χ0v) is 12.6. The second-order valence-corrected chi connectivity index (χ2v) is 6.42. The lowest BCUT2D eigenvalue weighted by molar-refractivity contribution is 0.150. The van der Waals surface area contributed by atoms with Gasteiger partial charge in [0.15, 0.2) is 0 Å². The van der Waals surface area contributed by atoms with E-state index in [1.807, 2.05) is 0 Å². The molecule has 0 aromatic heterocycles. The maximum atomic E-state index is 5.15. The standard InChI is InChI=1S/C15H32N2O/c1-15(2,8-12-18-3)13-17-9-4-5-14-6-10-16-11-7-14/h14,16-17H,4-13H2,1-3H3. The lowest BCUT2D eigenvalue weighted by Gasteiger charge is -2.25.